The third kappa shape index (κ3) is 3.19. The maximum atomic E-state index is 6.28. The lowest BCUT2D eigenvalue weighted by Crippen LogP contribution is -2.38. The molecule has 1 fully saturated rings. The van der Waals surface area contributed by atoms with E-state index in [0.717, 1.165) is 5.69 Å². The largest absolute Gasteiger partial charge is 0.330 e. The first-order chi connectivity index (χ1) is 8.50. The van der Waals surface area contributed by atoms with E-state index in [1.54, 1.807) is 0 Å². The van der Waals surface area contributed by atoms with E-state index in [4.69, 9.17) is 5.73 Å². The van der Waals surface area contributed by atoms with Crippen LogP contribution in [0.2, 0.25) is 0 Å². The van der Waals surface area contributed by atoms with Crippen molar-refractivity contribution in [1.82, 2.24) is 9.55 Å². The maximum absolute atomic E-state index is 6.28. The molecule has 108 valence electrons. The van der Waals surface area contributed by atoms with Crippen molar-refractivity contribution in [3.63, 3.8) is 0 Å². The van der Waals surface area contributed by atoms with E-state index in [0.29, 0.717) is 16.9 Å². The highest BCUT2D eigenvalue weighted by Gasteiger charge is 2.40. The fourth-order valence-corrected chi connectivity index (χ4v) is 4.08. The molecule has 0 bridgehead atoms. The van der Waals surface area contributed by atoms with Gasteiger partial charge in [-0.3, -0.25) is 0 Å². The minimum atomic E-state index is -0.331. The Morgan fingerprint density at radius 1 is 1.21 bits per heavy atom. The molecule has 1 saturated carbocycles. The van der Waals surface area contributed by atoms with E-state index in [2.05, 4.69) is 51.1 Å². The molecule has 1 aromatic rings. The van der Waals surface area contributed by atoms with Crippen LogP contribution in [-0.2, 0) is 5.54 Å². The molecule has 1 aliphatic carbocycles. The minimum Gasteiger partial charge on any atom is -0.330 e. The molecule has 0 amide bonds. The highest BCUT2D eigenvalue weighted by atomic mass is 15.1. The van der Waals surface area contributed by atoms with Crippen molar-refractivity contribution < 1.29 is 0 Å². The van der Waals surface area contributed by atoms with Crippen molar-refractivity contribution in [2.45, 2.75) is 72.4 Å². The molecule has 0 aromatic carbocycles. The van der Waals surface area contributed by atoms with E-state index in [1.165, 1.54) is 19.3 Å². The zero-order valence-electron chi connectivity index (χ0n) is 13.3. The minimum absolute atomic E-state index is 0.331. The van der Waals surface area contributed by atoms with Crippen LogP contribution in [0.5, 0.6) is 0 Å². The van der Waals surface area contributed by atoms with Gasteiger partial charge >= 0.3 is 0 Å². The number of nitrogens with two attached hydrogens (primary N) is 1. The van der Waals surface area contributed by atoms with E-state index in [9.17, 15) is 0 Å². The fraction of sp³-hybridized carbons (Fsp3) is 0.812. The average molecular weight is 263 g/mol. The van der Waals surface area contributed by atoms with Gasteiger partial charge in [-0.15, -0.1) is 0 Å². The fourth-order valence-electron chi connectivity index (χ4n) is 4.08. The molecule has 1 heterocycles. The molecule has 3 heteroatoms. The molecule has 0 aliphatic heterocycles. The van der Waals surface area contributed by atoms with Gasteiger partial charge in [0.15, 0.2) is 0 Å². The predicted molar refractivity (Wildman–Crippen MR) is 79.9 cm³/mol. The van der Waals surface area contributed by atoms with Crippen molar-refractivity contribution in [2.24, 2.45) is 16.6 Å². The van der Waals surface area contributed by atoms with Gasteiger partial charge in [-0.1, -0.05) is 27.7 Å². The quantitative estimate of drug-likeness (QED) is 0.880. The average Bonchev–Trinajstić information content (AvgIpc) is 2.58. The molecular weight excluding hydrogens is 234 g/mol. The SMILES string of the molecule is CC1(C)CC(n2cncc2C(C)(C)N)CC(C)(C)C1. The van der Waals surface area contributed by atoms with E-state index < -0.39 is 0 Å². The second kappa shape index (κ2) is 4.34. The summed E-state index contributed by atoms with van der Waals surface area (Å²) >= 11 is 0. The molecule has 0 atom stereocenters. The van der Waals surface area contributed by atoms with Gasteiger partial charge in [0.1, 0.15) is 0 Å². The summed E-state index contributed by atoms with van der Waals surface area (Å²) in [5, 5.41) is 0. The normalized spacial score (nSPS) is 23.5. The summed E-state index contributed by atoms with van der Waals surface area (Å²) in [5.41, 5.74) is 7.86. The zero-order chi connectivity index (χ0) is 14.5. The maximum Gasteiger partial charge on any atom is 0.0951 e. The molecular formula is C16H29N3. The first-order valence-corrected chi connectivity index (χ1v) is 7.31. The van der Waals surface area contributed by atoms with Crippen LogP contribution in [0.1, 0.15) is 72.5 Å². The topological polar surface area (TPSA) is 43.8 Å². The number of imidazole rings is 1. The molecule has 19 heavy (non-hydrogen) atoms. The van der Waals surface area contributed by atoms with E-state index in [1.807, 2.05) is 12.5 Å². The molecule has 2 N–H and O–H groups in total. The summed E-state index contributed by atoms with van der Waals surface area (Å²) < 4.78 is 2.32. The molecule has 0 saturated heterocycles. The van der Waals surface area contributed by atoms with Crippen LogP contribution in [0, 0.1) is 10.8 Å². The Labute approximate surface area is 117 Å². The monoisotopic (exact) mass is 263 g/mol. The predicted octanol–water partition coefficient (Wildman–Crippen LogP) is 3.85. The Morgan fingerprint density at radius 2 is 1.74 bits per heavy atom. The van der Waals surface area contributed by atoms with Crippen LogP contribution in [0.3, 0.4) is 0 Å². The lowest BCUT2D eigenvalue weighted by molar-refractivity contribution is 0.0700. The molecule has 1 aromatic heterocycles. The van der Waals surface area contributed by atoms with E-state index in [-0.39, 0.29) is 5.54 Å². The summed E-state index contributed by atoms with van der Waals surface area (Å²) in [6.45, 7) is 13.6. The third-order valence-corrected chi connectivity index (χ3v) is 4.25. The van der Waals surface area contributed by atoms with Gasteiger partial charge in [-0.25, -0.2) is 4.98 Å². The molecule has 0 unspecified atom stereocenters. The van der Waals surface area contributed by atoms with Crippen LogP contribution < -0.4 is 5.73 Å². The zero-order valence-corrected chi connectivity index (χ0v) is 13.3. The van der Waals surface area contributed by atoms with Crippen molar-refractivity contribution in [3.05, 3.63) is 18.2 Å². The van der Waals surface area contributed by atoms with Crippen molar-refractivity contribution in [3.8, 4) is 0 Å². The van der Waals surface area contributed by atoms with Gasteiger partial charge in [-0.05, 0) is 43.9 Å². The smallest absolute Gasteiger partial charge is 0.0951 e. The summed E-state index contributed by atoms with van der Waals surface area (Å²) in [7, 11) is 0. The van der Waals surface area contributed by atoms with Crippen LogP contribution in [0.15, 0.2) is 12.5 Å². The number of hydrogen-bond acceptors (Lipinski definition) is 2. The van der Waals surface area contributed by atoms with E-state index >= 15 is 0 Å². The Kier molecular flexibility index (Phi) is 3.33. The number of rotatable bonds is 2. The summed E-state index contributed by atoms with van der Waals surface area (Å²) in [5.74, 6) is 0. The molecule has 0 spiro atoms. The highest BCUT2D eigenvalue weighted by molar-refractivity contribution is 5.12. The van der Waals surface area contributed by atoms with Crippen molar-refractivity contribution in [2.75, 3.05) is 0 Å². The summed E-state index contributed by atoms with van der Waals surface area (Å²) in [4.78, 5) is 4.34. The van der Waals surface area contributed by atoms with Crippen LogP contribution in [0.4, 0.5) is 0 Å². The Balaban J connectivity index is 2.34. The Morgan fingerprint density at radius 3 is 2.21 bits per heavy atom. The van der Waals surface area contributed by atoms with Gasteiger partial charge in [0.25, 0.3) is 0 Å². The molecule has 3 nitrogen and oxygen atoms in total. The van der Waals surface area contributed by atoms with Crippen LogP contribution in [-0.4, -0.2) is 9.55 Å². The van der Waals surface area contributed by atoms with Gasteiger partial charge < -0.3 is 10.3 Å². The second-order valence-corrected chi connectivity index (χ2v) is 8.48. The van der Waals surface area contributed by atoms with Gasteiger partial charge in [-0.2, -0.15) is 0 Å². The lowest BCUT2D eigenvalue weighted by atomic mass is 9.63. The van der Waals surface area contributed by atoms with Crippen molar-refractivity contribution in [1.29, 1.82) is 0 Å². The Hall–Kier alpha value is -0.830. The van der Waals surface area contributed by atoms with Gasteiger partial charge in [0.05, 0.1) is 17.6 Å². The first-order valence-electron chi connectivity index (χ1n) is 7.31. The first kappa shape index (κ1) is 14.6. The summed E-state index contributed by atoms with van der Waals surface area (Å²) in [6.07, 6.45) is 7.58. The lowest BCUT2D eigenvalue weighted by Gasteiger charge is -2.46. The Bertz CT molecular complexity index is 433. The molecule has 0 radical (unpaired) electrons. The number of nitrogens with zero attached hydrogens (tertiary/aromatic N) is 2. The van der Waals surface area contributed by atoms with Crippen LogP contribution >= 0.6 is 0 Å². The highest BCUT2D eigenvalue weighted by Crippen LogP contribution is 2.50. The van der Waals surface area contributed by atoms with Gasteiger partial charge in [0.2, 0.25) is 0 Å². The molecule has 2 rings (SSSR count). The number of aromatic nitrogens is 2. The standard InChI is InChI=1S/C16H29N3/c1-14(2)7-12(8-15(3,4)10-14)19-11-18-9-13(19)16(5,6)17/h9,11-12H,7-8,10,17H2,1-6H3. The van der Waals surface area contributed by atoms with Crippen molar-refractivity contribution >= 4 is 0 Å². The van der Waals surface area contributed by atoms with Gasteiger partial charge in [0, 0.05) is 12.2 Å². The summed E-state index contributed by atoms with van der Waals surface area (Å²) in [6, 6.07) is 0.513. The third-order valence-electron chi connectivity index (χ3n) is 4.25. The molecule has 1 aliphatic rings. The second-order valence-electron chi connectivity index (χ2n) is 8.48. The van der Waals surface area contributed by atoms with Crippen LogP contribution in [0.25, 0.3) is 0 Å². The number of hydrogen-bond donors (Lipinski definition) is 1.